The molecule has 2 saturated carbocycles. The highest BCUT2D eigenvalue weighted by atomic mass is 32.2. The number of carbonyl (C=O) groups is 5. The maximum Gasteiger partial charge on any atom is 0.315 e. The second kappa shape index (κ2) is 14.6. The van der Waals surface area contributed by atoms with Gasteiger partial charge in [-0.2, -0.15) is 0 Å². The molecule has 262 valence electrons. The van der Waals surface area contributed by atoms with Gasteiger partial charge < -0.3 is 26.2 Å². The Morgan fingerprint density at radius 3 is 2.11 bits per heavy atom. The third-order valence-corrected chi connectivity index (χ3v) is 12.1. The summed E-state index contributed by atoms with van der Waals surface area (Å²) in [6.45, 7) is 15.6. The number of carbonyl (C=O) groups excluding carboxylic acids is 5. The molecule has 0 bridgehead atoms. The molecular weight excluding hydrogens is 610 g/mol. The van der Waals surface area contributed by atoms with Gasteiger partial charge in [0.2, 0.25) is 17.6 Å². The van der Waals surface area contributed by atoms with Gasteiger partial charge in [0.15, 0.2) is 9.84 Å². The molecule has 3 aliphatic rings. The molecule has 0 aromatic carbocycles. The first-order valence-electron chi connectivity index (χ1n) is 17.1. The number of urea groups is 1. The van der Waals surface area contributed by atoms with E-state index in [1.165, 1.54) is 4.90 Å². The van der Waals surface area contributed by atoms with E-state index >= 15 is 0 Å². The highest BCUT2D eigenvalue weighted by Crippen LogP contribution is 2.65. The fourth-order valence-electron chi connectivity index (χ4n) is 7.39. The Morgan fingerprint density at radius 2 is 1.57 bits per heavy atom. The predicted octanol–water partition coefficient (Wildman–Crippen LogP) is 2.70. The van der Waals surface area contributed by atoms with Gasteiger partial charge in [-0.25, -0.2) is 13.2 Å². The Bertz CT molecular complexity index is 1270. The summed E-state index contributed by atoms with van der Waals surface area (Å²) in [5.41, 5.74) is -1.85. The van der Waals surface area contributed by atoms with Gasteiger partial charge >= 0.3 is 6.03 Å². The molecule has 1 saturated heterocycles. The molecule has 12 nitrogen and oxygen atoms in total. The normalized spacial score (nSPS) is 24.6. The van der Waals surface area contributed by atoms with Crippen LogP contribution in [0, 0.1) is 22.7 Å². The second-order valence-corrected chi connectivity index (χ2v) is 17.6. The lowest BCUT2D eigenvalue weighted by molar-refractivity contribution is -0.145. The van der Waals surface area contributed by atoms with Crippen LogP contribution in [0.1, 0.15) is 107 Å². The third-order valence-electron chi connectivity index (χ3n) is 10.2. The number of Topliss-reactive ketones (excluding diaryl/α,β-unsaturated/α-hetero) is 1. The van der Waals surface area contributed by atoms with Crippen molar-refractivity contribution >= 4 is 39.4 Å². The summed E-state index contributed by atoms with van der Waals surface area (Å²) >= 11 is 0. The van der Waals surface area contributed by atoms with E-state index in [0.717, 1.165) is 19.3 Å². The quantitative estimate of drug-likeness (QED) is 0.206. The monoisotopic (exact) mass is 667 g/mol. The first kappa shape index (κ1) is 37.8. The van der Waals surface area contributed by atoms with E-state index in [0.29, 0.717) is 38.8 Å². The molecule has 1 heterocycles. The molecule has 0 radical (unpaired) electrons. The lowest BCUT2D eigenvalue weighted by Gasteiger charge is -2.40. The Kier molecular flexibility index (Phi) is 12.0. The largest absolute Gasteiger partial charge is 0.349 e. The molecule has 0 aromatic heterocycles. The zero-order chi connectivity index (χ0) is 34.7. The number of fused-ring (bicyclic) bond motifs is 1. The van der Waals surface area contributed by atoms with Crippen molar-refractivity contribution in [2.24, 2.45) is 22.7 Å². The van der Waals surface area contributed by atoms with E-state index in [1.54, 1.807) is 6.92 Å². The average Bonchev–Trinajstić information content (AvgIpc) is 3.28. The first-order chi connectivity index (χ1) is 21.3. The molecule has 1 aliphatic heterocycles. The lowest BCUT2D eigenvalue weighted by atomic mass is 9.83. The van der Waals surface area contributed by atoms with Crippen molar-refractivity contribution in [3.63, 3.8) is 0 Å². The SMILES string of the molecule is CCCNC(=O)C(=O)C(CCC)NC(=O)C1C2C(CN1C(=O)[C@@H](NC(=O)NC1(CS(=O)(=O)CC)CCCCC1)C(C)(C)C)C2(C)C. The molecule has 46 heavy (non-hydrogen) atoms. The summed E-state index contributed by atoms with van der Waals surface area (Å²) in [6, 6.07) is -3.51. The zero-order valence-corrected chi connectivity index (χ0v) is 29.9. The molecule has 2 aliphatic carbocycles. The van der Waals surface area contributed by atoms with Crippen LogP contribution >= 0.6 is 0 Å². The summed E-state index contributed by atoms with van der Waals surface area (Å²) in [7, 11) is -3.38. The second-order valence-electron chi connectivity index (χ2n) is 15.3. The van der Waals surface area contributed by atoms with E-state index in [-0.39, 0.29) is 35.2 Å². The minimum atomic E-state index is -3.38. The predicted molar refractivity (Wildman–Crippen MR) is 176 cm³/mol. The van der Waals surface area contributed by atoms with Gasteiger partial charge in [-0.05, 0) is 48.3 Å². The number of hydrogen-bond acceptors (Lipinski definition) is 7. The van der Waals surface area contributed by atoms with Crippen molar-refractivity contribution < 1.29 is 32.4 Å². The molecular formula is C33H57N5O7S. The molecule has 3 fully saturated rings. The van der Waals surface area contributed by atoms with Crippen molar-refractivity contribution in [2.75, 3.05) is 24.6 Å². The highest BCUT2D eigenvalue weighted by Gasteiger charge is 2.70. The summed E-state index contributed by atoms with van der Waals surface area (Å²) in [4.78, 5) is 68.8. The fourth-order valence-corrected chi connectivity index (χ4v) is 8.80. The van der Waals surface area contributed by atoms with E-state index in [2.05, 4.69) is 35.1 Å². The van der Waals surface area contributed by atoms with E-state index in [4.69, 9.17) is 0 Å². The Morgan fingerprint density at radius 1 is 0.935 bits per heavy atom. The smallest absolute Gasteiger partial charge is 0.315 e. The Labute approximate surface area is 275 Å². The van der Waals surface area contributed by atoms with Crippen LogP contribution in [-0.2, 0) is 29.0 Å². The van der Waals surface area contributed by atoms with Crippen LogP contribution < -0.4 is 21.3 Å². The van der Waals surface area contributed by atoms with Crippen molar-refractivity contribution in [1.82, 2.24) is 26.2 Å². The lowest BCUT2D eigenvalue weighted by Crippen LogP contribution is -2.64. The Balaban J connectivity index is 1.83. The summed E-state index contributed by atoms with van der Waals surface area (Å²) < 4.78 is 25.3. The molecule has 4 N–H and O–H groups in total. The maximum atomic E-state index is 14.3. The molecule has 5 amide bonds. The Hall–Kier alpha value is -2.70. The van der Waals surface area contributed by atoms with Crippen LogP contribution in [0.25, 0.3) is 0 Å². The van der Waals surface area contributed by atoms with Gasteiger partial charge in [-0.1, -0.05) is 81.1 Å². The van der Waals surface area contributed by atoms with Crippen molar-refractivity contribution in [2.45, 2.75) is 130 Å². The fraction of sp³-hybridized carbons (Fsp3) is 0.848. The van der Waals surface area contributed by atoms with Gasteiger partial charge in [-0.3, -0.25) is 19.2 Å². The summed E-state index contributed by atoms with van der Waals surface area (Å²) in [6.07, 6.45) is 5.15. The minimum Gasteiger partial charge on any atom is -0.349 e. The van der Waals surface area contributed by atoms with Crippen LogP contribution in [0.4, 0.5) is 4.79 Å². The number of likely N-dealkylation sites (tertiary alicyclic amines) is 1. The first-order valence-corrected chi connectivity index (χ1v) is 18.9. The number of sulfone groups is 1. The van der Waals surface area contributed by atoms with Crippen molar-refractivity contribution in [1.29, 1.82) is 0 Å². The van der Waals surface area contributed by atoms with Gasteiger partial charge in [-0.15, -0.1) is 0 Å². The standard InChI is InChI=1S/C33H57N5O7S/c1-9-15-22(25(39)28(41)34-18-10-2)35-27(40)24-23-21(32(23,7)8)19-38(24)29(42)26(31(4,5)6)36-30(43)37-33(16-13-12-14-17-33)20-46(44,45)11-3/h21-24,26H,9-20H2,1-8H3,(H,34,41)(H,35,40)(H2,36,37,43)/t21?,22?,23?,24?,26-/m1/s1. The molecule has 5 atom stereocenters. The third kappa shape index (κ3) is 8.60. The molecule has 4 unspecified atom stereocenters. The van der Waals surface area contributed by atoms with E-state index in [9.17, 15) is 32.4 Å². The van der Waals surface area contributed by atoms with Crippen molar-refractivity contribution in [3.05, 3.63) is 0 Å². The van der Waals surface area contributed by atoms with Gasteiger partial charge in [0, 0.05) is 18.8 Å². The van der Waals surface area contributed by atoms with Crippen LogP contribution in [0.2, 0.25) is 0 Å². The molecule has 3 rings (SSSR count). The van der Waals surface area contributed by atoms with Gasteiger partial charge in [0.1, 0.15) is 12.1 Å². The number of hydrogen-bond donors (Lipinski definition) is 4. The number of ketones is 1. The maximum absolute atomic E-state index is 14.3. The average molecular weight is 668 g/mol. The summed E-state index contributed by atoms with van der Waals surface area (Å²) in [5, 5.41) is 11.2. The van der Waals surface area contributed by atoms with Crippen LogP contribution in [0.15, 0.2) is 0 Å². The van der Waals surface area contributed by atoms with Crippen LogP contribution in [0.5, 0.6) is 0 Å². The van der Waals surface area contributed by atoms with E-state index in [1.807, 2.05) is 34.6 Å². The van der Waals surface area contributed by atoms with Gasteiger partial charge in [0.25, 0.3) is 5.91 Å². The highest BCUT2D eigenvalue weighted by molar-refractivity contribution is 7.91. The van der Waals surface area contributed by atoms with Crippen LogP contribution in [-0.4, -0.2) is 91.1 Å². The van der Waals surface area contributed by atoms with Gasteiger partial charge in [0.05, 0.1) is 17.3 Å². The zero-order valence-electron chi connectivity index (χ0n) is 29.1. The van der Waals surface area contributed by atoms with Crippen molar-refractivity contribution in [3.8, 4) is 0 Å². The van der Waals surface area contributed by atoms with E-state index < -0.39 is 68.5 Å². The minimum absolute atomic E-state index is 0.0215. The molecule has 0 spiro atoms. The number of nitrogens with one attached hydrogen (secondary N) is 4. The molecule has 13 heteroatoms. The summed E-state index contributed by atoms with van der Waals surface area (Å²) in [5.74, 6) is -2.59. The number of piperidine rings is 1. The number of nitrogens with zero attached hydrogens (tertiary/aromatic N) is 1. The number of amides is 5. The topological polar surface area (TPSA) is 171 Å². The van der Waals surface area contributed by atoms with Crippen LogP contribution in [0.3, 0.4) is 0 Å². The number of rotatable bonds is 14. The molecule has 0 aromatic rings.